The summed E-state index contributed by atoms with van der Waals surface area (Å²) in [7, 11) is 7.57. The van der Waals surface area contributed by atoms with Crippen LogP contribution in [0.25, 0.3) is 0 Å². The number of hydrogen-bond acceptors (Lipinski definition) is 3. The Hall–Kier alpha value is -2.33. The van der Waals surface area contributed by atoms with Crippen molar-refractivity contribution in [3.8, 4) is 5.75 Å². The molecule has 0 spiro atoms. The highest BCUT2D eigenvalue weighted by molar-refractivity contribution is 5.94. The van der Waals surface area contributed by atoms with Gasteiger partial charge in [-0.15, -0.1) is 0 Å². The largest absolute Gasteiger partial charge is 0.496 e. The fraction of sp³-hybridized carbons (Fsp3) is 0.350. The molecule has 0 bridgehead atoms. The van der Waals surface area contributed by atoms with Crippen molar-refractivity contribution in [2.45, 2.75) is 13.0 Å². The lowest BCUT2D eigenvalue weighted by Crippen LogP contribution is -2.28. The molecule has 2 aromatic carbocycles. The average molecular weight is 326 g/mol. The Kier molecular flexibility index (Phi) is 6.38. The summed E-state index contributed by atoms with van der Waals surface area (Å²) in [6.45, 7) is 1.52. The molecule has 0 N–H and O–H groups in total. The molecule has 128 valence electrons. The molecule has 2 aromatic rings. The van der Waals surface area contributed by atoms with Crippen LogP contribution >= 0.6 is 0 Å². The summed E-state index contributed by atoms with van der Waals surface area (Å²) in [5, 5.41) is 0. The van der Waals surface area contributed by atoms with Crippen LogP contribution in [0.3, 0.4) is 0 Å². The number of ether oxygens (including phenoxy) is 1. The number of amides is 1. The van der Waals surface area contributed by atoms with Gasteiger partial charge in [0.15, 0.2) is 0 Å². The molecule has 0 saturated heterocycles. The standard InChI is InChI=1S/C20H26N2O2/c1-21(2)15-16-9-11-18(12-10-16)20(23)22(3)14-13-17-7-5-6-8-19(17)24-4/h5-12H,13-15H2,1-4H3. The first kappa shape index (κ1) is 18.0. The molecule has 0 unspecified atom stereocenters. The predicted octanol–water partition coefficient (Wildman–Crippen LogP) is 3.07. The van der Waals surface area contributed by atoms with Crippen molar-refractivity contribution in [3.63, 3.8) is 0 Å². The van der Waals surface area contributed by atoms with Gasteiger partial charge in [-0.3, -0.25) is 4.79 Å². The van der Waals surface area contributed by atoms with E-state index in [4.69, 9.17) is 4.74 Å². The lowest BCUT2D eigenvalue weighted by molar-refractivity contribution is 0.0796. The van der Waals surface area contributed by atoms with Crippen LogP contribution in [0, 0.1) is 0 Å². The summed E-state index contributed by atoms with van der Waals surface area (Å²) >= 11 is 0. The lowest BCUT2D eigenvalue weighted by atomic mass is 10.1. The first-order valence-electron chi connectivity index (χ1n) is 8.12. The Morgan fingerprint density at radius 2 is 1.67 bits per heavy atom. The second kappa shape index (κ2) is 8.50. The van der Waals surface area contributed by atoms with Crippen molar-refractivity contribution in [1.29, 1.82) is 0 Å². The Balaban J connectivity index is 1.96. The molecular formula is C20H26N2O2. The van der Waals surface area contributed by atoms with Gasteiger partial charge in [-0.2, -0.15) is 0 Å². The fourth-order valence-electron chi connectivity index (χ4n) is 2.64. The number of hydrogen-bond donors (Lipinski definition) is 0. The van der Waals surface area contributed by atoms with Crippen LogP contribution in [-0.4, -0.2) is 50.5 Å². The third kappa shape index (κ3) is 4.83. The molecule has 0 heterocycles. The highest BCUT2D eigenvalue weighted by Crippen LogP contribution is 2.18. The molecule has 1 amide bonds. The summed E-state index contributed by atoms with van der Waals surface area (Å²) in [5.74, 6) is 0.910. The van der Waals surface area contributed by atoms with E-state index in [1.54, 1.807) is 12.0 Å². The maximum Gasteiger partial charge on any atom is 0.253 e. The first-order valence-corrected chi connectivity index (χ1v) is 8.12. The van der Waals surface area contributed by atoms with E-state index in [2.05, 4.69) is 4.90 Å². The lowest BCUT2D eigenvalue weighted by Gasteiger charge is -2.18. The van der Waals surface area contributed by atoms with Crippen LogP contribution in [-0.2, 0) is 13.0 Å². The van der Waals surface area contributed by atoms with Crippen LogP contribution in [0.2, 0.25) is 0 Å². The zero-order valence-electron chi connectivity index (χ0n) is 15.0. The monoisotopic (exact) mass is 326 g/mol. The van der Waals surface area contributed by atoms with E-state index in [1.165, 1.54) is 5.56 Å². The smallest absolute Gasteiger partial charge is 0.253 e. The van der Waals surface area contributed by atoms with Gasteiger partial charge in [0.05, 0.1) is 7.11 Å². The molecule has 0 aromatic heterocycles. The number of carbonyl (C=O) groups is 1. The van der Waals surface area contributed by atoms with Crippen LogP contribution in [0.15, 0.2) is 48.5 Å². The number of rotatable bonds is 7. The van der Waals surface area contributed by atoms with Gasteiger partial charge in [0.25, 0.3) is 5.91 Å². The average Bonchev–Trinajstić information content (AvgIpc) is 2.59. The van der Waals surface area contributed by atoms with Crippen molar-refractivity contribution in [3.05, 3.63) is 65.2 Å². The second-order valence-corrected chi connectivity index (χ2v) is 6.22. The van der Waals surface area contributed by atoms with Gasteiger partial charge < -0.3 is 14.5 Å². The van der Waals surface area contributed by atoms with Gasteiger partial charge in [-0.25, -0.2) is 0 Å². The second-order valence-electron chi connectivity index (χ2n) is 6.22. The molecule has 0 atom stereocenters. The Bertz CT molecular complexity index is 666. The van der Waals surface area contributed by atoms with Gasteiger partial charge in [0.2, 0.25) is 0 Å². The molecule has 4 heteroatoms. The van der Waals surface area contributed by atoms with E-state index in [0.29, 0.717) is 6.54 Å². The van der Waals surface area contributed by atoms with E-state index in [-0.39, 0.29) is 5.91 Å². The number of likely N-dealkylation sites (N-methyl/N-ethyl adjacent to an activating group) is 1. The maximum atomic E-state index is 12.5. The summed E-state index contributed by atoms with van der Waals surface area (Å²) in [6.07, 6.45) is 0.769. The van der Waals surface area contributed by atoms with E-state index >= 15 is 0 Å². The minimum Gasteiger partial charge on any atom is -0.496 e. The zero-order chi connectivity index (χ0) is 17.5. The molecule has 0 aliphatic carbocycles. The van der Waals surface area contributed by atoms with E-state index < -0.39 is 0 Å². The summed E-state index contributed by atoms with van der Waals surface area (Å²) in [6, 6.07) is 15.8. The third-order valence-corrected chi connectivity index (χ3v) is 3.96. The molecular weight excluding hydrogens is 300 g/mol. The zero-order valence-corrected chi connectivity index (χ0v) is 15.0. The van der Waals surface area contributed by atoms with Crippen LogP contribution in [0.5, 0.6) is 5.75 Å². The Labute approximate surface area is 144 Å². The quantitative estimate of drug-likeness (QED) is 0.784. The van der Waals surface area contributed by atoms with Crippen LogP contribution in [0.1, 0.15) is 21.5 Å². The molecule has 0 aliphatic heterocycles. The molecule has 4 nitrogen and oxygen atoms in total. The number of para-hydroxylation sites is 1. The number of nitrogens with zero attached hydrogens (tertiary/aromatic N) is 2. The van der Waals surface area contributed by atoms with Gasteiger partial charge in [-0.05, 0) is 49.8 Å². The molecule has 0 saturated carbocycles. The summed E-state index contributed by atoms with van der Waals surface area (Å²) in [4.78, 5) is 16.4. The first-order chi connectivity index (χ1) is 11.5. The van der Waals surface area contributed by atoms with E-state index in [1.807, 2.05) is 69.7 Å². The predicted molar refractivity (Wildman–Crippen MR) is 97.5 cm³/mol. The number of carbonyl (C=O) groups excluding carboxylic acids is 1. The number of methoxy groups -OCH3 is 1. The third-order valence-electron chi connectivity index (χ3n) is 3.96. The SMILES string of the molecule is COc1ccccc1CCN(C)C(=O)c1ccc(CN(C)C)cc1. The minimum absolute atomic E-state index is 0.0429. The minimum atomic E-state index is 0.0429. The summed E-state index contributed by atoms with van der Waals surface area (Å²) in [5.41, 5.74) is 3.04. The van der Waals surface area contributed by atoms with Crippen molar-refractivity contribution in [2.75, 3.05) is 34.8 Å². The normalized spacial score (nSPS) is 10.7. The van der Waals surface area contributed by atoms with E-state index in [9.17, 15) is 4.79 Å². The fourth-order valence-corrected chi connectivity index (χ4v) is 2.64. The molecule has 2 rings (SSSR count). The molecule has 0 radical (unpaired) electrons. The maximum absolute atomic E-state index is 12.5. The van der Waals surface area contributed by atoms with Crippen molar-refractivity contribution in [1.82, 2.24) is 9.80 Å². The molecule has 24 heavy (non-hydrogen) atoms. The Morgan fingerprint density at radius 1 is 1.00 bits per heavy atom. The number of benzene rings is 2. The summed E-state index contributed by atoms with van der Waals surface area (Å²) < 4.78 is 5.36. The topological polar surface area (TPSA) is 32.8 Å². The molecule has 0 aliphatic rings. The van der Waals surface area contributed by atoms with Crippen LogP contribution < -0.4 is 4.74 Å². The van der Waals surface area contributed by atoms with Gasteiger partial charge >= 0.3 is 0 Å². The Morgan fingerprint density at radius 3 is 2.29 bits per heavy atom. The molecule has 0 fully saturated rings. The van der Waals surface area contributed by atoms with Crippen molar-refractivity contribution >= 4 is 5.91 Å². The van der Waals surface area contributed by atoms with Crippen molar-refractivity contribution < 1.29 is 9.53 Å². The van der Waals surface area contributed by atoms with Gasteiger partial charge in [0.1, 0.15) is 5.75 Å². The van der Waals surface area contributed by atoms with Crippen LogP contribution in [0.4, 0.5) is 0 Å². The highest BCUT2D eigenvalue weighted by Gasteiger charge is 2.12. The van der Waals surface area contributed by atoms with Crippen molar-refractivity contribution in [2.24, 2.45) is 0 Å². The van der Waals surface area contributed by atoms with Gasteiger partial charge in [0, 0.05) is 25.7 Å². The van der Waals surface area contributed by atoms with E-state index in [0.717, 1.165) is 29.8 Å². The highest BCUT2D eigenvalue weighted by atomic mass is 16.5. The van der Waals surface area contributed by atoms with Gasteiger partial charge in [-0.1, -0.05) is 30.3 Å².